The monoisotopic (exact) mass is 249 g/mol. The SMILES string of the molecule is CCC(CC)C(C)Nc1ncnc2ccsc12. The molecule has 2 aromatic heterocycles. The normalized spacial score (nSPS) is 13.2. The average Bonchev–Trinajstić information content (AvgIpc) is 2.80. The Morgan fingerprint density at radius 1 is 1.29 bits per heavy atom. The lowest BCUT2D eigenvalue weighted by Gasteiger charge is -2.23. The van der Waals surface area contributed by atoms with Crippen molar-refractivity contribution in [2.45, 2.75) is 39.7 Å². The molecule has 1 atom stereocenters. The zero-order valence-electron chi connectivity index (χ0n) is 10.6. The molecular formula is C13H19N3S. The maximum absolute atomic E-state index is 4.36. The number of nitrogens with zero attached hydrogens (tertiary/aromatic N) is 2. The van der Waals surface area contributed by atoms with Gasteiger partial charge in [-0.15, -0.1) is 11.3 Å². The third-order valence-electron chi connectivity index (χ3n) is 3.36. The first-order valence-corrected chi connectivity index (χ1v) is 7.09. The van der Waals surface area contributed by atoms with Crippen LogP contribution in [0.3, 0.4) is 0 Å². The molecule has 0 aliphatic heterocycles. The van der Waals surface area contributed by atoms with Crippen LogP contribution in [0.15, 0.2) is 17.8 Å². The molecule has 0 fully saturated rings. The maximum atomic E-state index is 4.36. The second-order valence-corrected chi connectivity index (χ2v) is 5.28. The molecule has 0 radical (unpaired) electrons. The summed E-state index contributed by atoms with van der Waals surface area (Å²) < 4.78 is 1.16. The summed E-state index contributed by atoms with van der Waals surface area (Å²) in [4.78, 5) is 8.61. The minimum absolute atomic E-state index is 0.449. The highest BCUT2D eigenvalue weighted by Crippen LogP contribution is 2.26. The number of aromatic nitrogens is 2. The van der Waals surface area contributed by atoms with E-state index < -0.39 is 0 Å². The molecule has 92 valence electrons. The largest absolute Gasteiger partial charge is 0.366 e. The summed E-state index contributed by atoms with van der Waals surface area (Å²) in [6.07, 6.45) is 4.03. The van der Waals surface area contributed by atoms with Gasteiger partial charge in [0.05, 0.1) is 10.2 Å². The van der Waals surface area contributed by atoms with Crippen molar-refractivity contribution < 1.29 is 0 Å². The molecule has 0 spiro atoms. The maximum Gasteiger partial charge on any atom is 0.147 e. The van der Waals surface area contributed by atoms with Gasteiger partial charge in [0.1, 0.15) is 12.1 Å². The van der Waals surface area contributed by atoms with Crippen molar-refractivity contribution in [3.63, 3.8) is 0 Å². The number of hydrogen-bond donors (Lipinski definition) is 1. The Balaban J connectivity index is 2.20. The van der Waals surface area contributed by atoms with Gasteiger partial charge in [-0.3, -0.25) is 0 Å². The molecule has 4 heteroatoms. The Kier molecular flexibility index (Phi) is 3.94. The van der Waals surface area contributed by atoms with E-state index in [0.717, 1.165) is 16.0 Å². The molecule has 17 heavy (non-hydrogen) atoms. The fraction of sp³-hybridized carbons (Fsp3) is 0.538. The van der Waals surface area contributed by atoms with Crippen molar-refractivity contribution >= 4 is 27.4 Å². The van der Waals surface area contributed by atoms with E-state index in [1.807, 2.05) is 6.07 Å². The number of hydrogen-bond acceptors (Lipinski definition) is 4. The number of fused-ring (bicyclic) bond motifs is 1. The molecular weight excluding hydrogens is 230 g/mol. The molecule has 1 unspecified atom stereocenters. The number of anilines is 1. The summed E-state index contributed by atoms with van der Waals surface area (Å²) in [5.74, 6) is 1.67. The first kappa shape index (κ1) is 12.3. The zero-order chi connectivity index (χ0) is 12.3. The van der Waals surface area contributed by atoms with Crippen LogP contribution in [0.5, 0.6) is 0 Å². The predicted octanol–water partition coefficient (Wildman–Crippen LogP) is 3.93. The molecule has 3 nitrogen and oxygen atoms in total. The fourth-order valence-corrected chi connectivity index (χ4v) is 3.02. The third-order valence-corrected chi connectivity index (χ3v) is 4.27. The van der Waals surface area contributed by atoms with Gasteiger partial charge in [-0.25, -0.2) is 9.97 Å². The van der Waals surface area contributed by atoms with Crippen molar-refractivity contribution in [2.24, 2.45) is 5.92 Å². The molecule has 2 aromatic rings. The van der Waals surface area contributed by atoms with Gasteiger partial charge in [0, 0.05) is 6.04 Å². The van der Waals surface area contributed by atoms with Gasteiger partial charge in [0.15, 0.2) is 0 Å². The minimum Gasteiger partial charge on any atom is -0.366 e. The van der Waals surface area contributed by atoms with Crippen LogP contribution in [0.25, 0.3) is 10.2 Å². The smallest absolute Gasteiger partial charge is 0.147 e. The van der Waals surface area contributed by atoms with Crippen LogP contribution in [0.4, 0.5) is 5.82 Å². The standard InChI is InChI=1S/C13H19N3S/c1-4-10(5-2)9(3)16-13-12-11(6-7-17-12)14-8-15-13/h6-10H,4-5H2,1-3H3,(H,14,15,16). The second kappa shape index (κ2) is 5.45. The minimum atomic E-state index is 0.449. The molecule has 0 amide bonds. The number of rotatable bonds is 5. The van der Waals surface area contributed by atoms with Crippen molar-refractivity contribution in [3.05, 3.63) is 17.8 Å². The van der Waals surface area contributed by atoms with E-state index in [4.69, 9.17) is 0 Å². The Morgan fingerprint density at radius 2 is 2.06 bits per heavy atom. The molecule has 0 aliphatic rings. The molecule has 0 aromatic carbocycles. The van der Waals surface area contributed by atoms with Gasteiger partial charge in [-0.05, 0) is 24.3 Å². The van der Waals surface area contributed by atoms with Gasteiger partial charge >= 0.3 is 0 Å². The van der Waals surface area contributed by atoms with Crippen molar-refractivity contribution in [1.29, 1.82) is 0 Å². The topological polar surface area (TPSA) is 37.8 Å². The Bertz CT molecular complexity index is 476. The predicted molar refractivity (Wildman–Crippen MR) is 74.6 cm³/mol. The van der Waals surface area contributed by atoms with E-state index in [0.29, 0.717) is 12.0 Å². The zero-order valence-corrected chi connectivity index (χ0v) is 11.4. The van der Waals surface area contributed by atoms with Gasteiger partial charge < -0.3 is 5.32 Å². The summed E-state index contributed by atoms with van der Waals surface area (Å²) >= 11 is 1.70. The van der Waals surface area contributed by atoms with Crippen molar-refractivity contribution in [3.8, 4) is 0 Å². The van der Waals surface area contributed by atoms with E-state index in [9.17, 15) is 0 Å². The van der Waals surface area contributed by atoms with Crippen LogP contribution in [-0.4, -0.2) is 16.0 Å². The van der Waals surface area contributed by atoms with Gasteiger partial charge in [-0.1, -0.05) is 26.7 Å². The van der Waals surface area contributed by atoms with E-state index in [1.165, 1.54) is 12.8 Å². The lowest BCUT2D eigenvalue weighted by Crippen LogP contribution is -2.25. The molecule has 0 aliphatic carbocycles. The van der Waals surface area contributed by atoms with Crippen LogP contribution in [0.2, 0.25) is 0 Å². The first-order chi connectivity index (χ1) is 8.26. The second-order valence-electron chi connectivity index (χ2n) is 4.37. The van der Waals surface area contributed by atoms with Crippen LogP contribution in [0, 0.1) is 5.92 Å². The highest BCUT2D eigenvalue weighted by atomic mass is 32.1. The quantitative estimate of drug-likeness (QED) is 0.872. The summed E-state index contributed by atoms with van der Waals surface area (Å²) in [5.41, 5.74) is 1.03. The molecule has 2 heterocycles. The summed E-state index contributed by atoms with van der Waals surface area (Å²) in [5, 5.41) is 5.59. The molecule has 1 N–H and O–H groups in total. The van der Waals surface area contributed by atoms with Crippen LogP contribution < -0.4 is 5.32 Å². The lowest BCUT2D eigenvalue weighted by molar-refractivity contribution is 0.437. The van der Waals surface area contributed by atoms with Crippen LogP contribution in [0.1, 0.15) is 33.6 Å². The van der Waals surface area contributed by atoms with Gasteiger partial charge in [0.2, 0.25) is 0 Å². The van der Waals surface area contributed by atoms with E-state index in [-0.39, 0.29) is 0 Å². The molecule has 2 rings (SSSR count). The highest BCUT2D eigenvalue weighted by molar-refractivity contribution is 7.17. The lowest BCUT2D eigenvalue weighted by atomic mass is 9.95. The van der Waals surface area contributed by atoms with Crippen LogP contribution >= 0.6 is 11.3 Å². The number of nitrogens with one attached hydrogen (secondary N) is 1. The highest BCUT2D eigenvalue weighted by Gasteiger charge is 2.15. The Labute approximate surface area is 106 Å². The first-order valence-electron chi connectivity index (χ1n) is 6.21. The molecule has 0 saturated heterocycles. The van der Waals surface area contributed by atoms with E-state index >= 15 is 0 Å². The summed E-state index contributed by atoms with van der Waals surface area (Å²) in [6.45, 7) is 6.72. The average molecular weight is 249 g/mol. The van der Waals surface area contributed by atoms with Crippen molar-refractivity contribution in [2.75, 3.05) is 5.32 Å². The molecule has 0 bridgehead atoms. The van der Waals surface area contributed by atoms with Gasteiger partial charge in [0.25, 0.3) is 0 Å². The van der Waals surface area contributed by atoms with E-state index in [2.05, 4.69) is 41.4 Å². The fourth-order valence-electron chi connectivity index (χ4n) is 2.22. The van der Waals surface area contributed by atoms with Crippen molar-refractivity contribution in [1.82, 2.24) is 9.97 Å². The third kappa shape index (κ3) is 2.57. The Morgan fingerprint density at radius 3 is 2.76 bits per heavy atom. The Hall–Kier alpha value is -1.16. The van der Waals surface area contributed by atoms with Gasteiger partial charge in [-0.2, -0.15) is 0 Å². The van der Waals surface area contributed by atoms with Crippen LogP contribution in [-0.2, 0) is 0 Å². The molecule has 0 saturated carbocycles. The van der Waals surface area contributed by atoms with E-state index in [1.54, 1.807) is 17.7 Å². The number of thiophene rings is 1. The summed E-state index contributed by atoms with van der Waals surface area (Å²) in [6, 6.07) is 2.49. The summed E-state index contributed by atoms with van der Waals surface area (Å²) in [7, 11) is 0.